The lowest BCUT2D eigenvalue weighted by Crippen LogP contribution is -2.36. The molecule has 1 amide bonds. The van der Waals surface area contributed by atoms with E-state index in [-0.39, 0.29) is 11.3 Å². The summed E-state index contributed by atoms with van der Waals surface area (Å²) >= 11 is 0. The average Bonchev–Trinajstić information content (AvgIpc) is 3.05. The first-order valence-corrected chi connectivity index (χ1v) is 7.91. The summed E-state index contributed by atoms with van der Waals surface area (Å²) < 4.78 is 11.0. The van der Waals surface area contributed by atoms with Crippen LogP contribution in [0.1, 0.15) is 30.0 Å². The normalized spacial score (nSPS) is 11.5. The van der Waals surface area contributed by atoms with Crippen molar-refractivity contribution in [3.05, 3.63) is 65.9 Å². The van der Waals surface area contributed by atoms with Gasteiger partial charge >= 0.3 is 0 Å². The molecule has 0 saturated heterocycles. The van der Waals surface area contributed by atoms with Gasteiger partial charge in [0.1, 0.15) is 0 Å². The molecule has 0 bridgehead atoms. The van der Waals surface area contributed by atoms with Crippen LogP contribution < -0.4 is 10.1 Å². The SMILES string of the molecule is COc1cccc2cc(C(=O)NCC(C)(C)c3ccccc3)oc12. The molecule has 0 saturated carbocycles. The lowest BCUT2D eigenvalue weighted by Gasteiger charge is -2.25. The summed E-state index contributed by atoms with van der Waals surface area (Å²) in [5.74, 6) is 0.687. The van der Waals surface area contributed by atoms with Crippen LogP contribution in [0.2, 0.25) is 0 Å². The topological polar surface area (TPSA) is 51.5 Å². The number of rotatable bonds is 5. The van der Waals surface area contributed by atoms with E-state index < -0.39 is 0 Å². The van der Waals surface area contributed by atoms with Crippen LogP contribution in [0.4, 0.5) is 0 Å². The smallest absolute Gasteiger partial charge is 0.287 e. The zero-order valence-corrected chi connectivity index (χ0v) is 14.1. The van der Waals surface area contributed by atoms with Crippen molar-refractivity contribution in [3.63, 3.8) is 0 Å². The van der Waals surface area contributed by atoms with E-state index in [1.165, 1.54) is 5.56 Å². The van der Waals surface area contributed by atoms with Gasteiger partial charge in [0, 0.05) is 17.3 Å². The maximum atomic E-state index is 12.4. The van der Waals surface area contributed by atoms with E-state index in [0.29, 0.717) is 23.6 Å². The van der Waals surface area contributed by atoms with Gasteiger partial charge in [0.2, 0.25) is 0 Å². The highest BCUT2D eigenvalue weighted by molar-refractivity contribution is 5.97. The Morgan fingerprint density at radius 3 is 2.58 bits per heavy atom. The summed E-state index contributed by atoms with van der Waals surface area (Å²) in [5.41, 5.74) is 1.60. The molecule has 0 aliphatic rings. The van der Waals surface area contributed by atoms with Gasteiger partial charge in [-0.2, -0.15) is 0 Å². The van der Waals surface area contributed by atoms with Crippen LogP contribution in [0.25, 0.3) is 11.0 Å². The second-order valence-electron chi connectivity index (χ2n) is 6.42. The lowest BCUT2D eigenvalue weighted by atomic mass is 9.84. The van der Waals surface area contributed by atoms with E-state index >= 15 is 0 Å². The minimum atomic E-state index is -0.225. The highest BCUT2D eigenvalue weighted by atomic mass is 16.5. The van der Waals surface area contributed by atoms with Crippen molar-refractivity contribution in [2.75, 3.05) is 13.7 Å². The van der Waals surface area contributed by atoms with Crippen molar-refractivity contribution in [1.29, 1.82) is 0 Å². The summed E-state index contributed by atoms with van der Waals surface area (Å²) in [5, 5.41) is 3.81. The Morgan fingerprint density at radius 2 is 1.88 bits per heavy atom. The maximum Gasteiger partial charge on any atom is 0.287 e. The molecule has 124 valence electrons. The number of ether oxygens (including phenoxy) is 1. The largest absolute Gasteiger partial charge is 0.493 e. The predicted octanol–water partition coefficient (Wildman–Crippen LogP) is 4.15. The van der Waals surface area contributed by atoms with Gasteiger partial charge in [0.05, 0.1) is 7.11 Å². The summed E-state index contributed by atoms with van der Waals surface area (Å²) in [4.78, 5) is 12.4. The number of carbonyl (C=O) groups excluding carboxylic acids is 1. The molecule has 0 radical (unpaired) electrons. The van der Waals surface area contributed by atoms with Gasteiger partial charge in [-0.1, -0.05) is 56.3 Å². The summed E-state index contributed by atoms with van der Waals surface area (Å²) in [7, 11) is 1.58. The Balaban J connectivity index is 1.76. The van der Waals surface area contributed by atoms with Gasteiger partial charge < -0.3 is 14.5 Å². The summed E-state index contributed by atoms with van der Waals surface area (Å²) in [6, 6.07) is 17.4. The van der Waals surface area contributed by atoms with Crippen molar-refractivity contribution in [1.82, 2.24) is 5.32 Å². The zero-order chi connectivity index (χ0) is 17.2. The highest BCUT2D eigenvalue weighted by Gasteiger charge is 2.22. The first-order chi connectivity index (χ1) is 11.5. The van der Waals surface area contributed by atoms with Crippen LogP contribution in [-0.2, 0) is 5.41 Å². The van der Waals surface area contributed by atoms with Crippen LogP contribution >= 0.6 is 0 Å². The summed E-state index contributed by atoms with van der Waals surface area (Å²) in [6.07, 6.45) is 0. The van der Waals surface area contributed by atoms with E-state index in [1.807, 2.05) is 36.4 Å². The molecule has 1 N–H and O–H groups in total. The van der Waals surface area contributed by atoms with Gasteiger partial charge in [-0.05, 0) is 17.7 Å². The molecule has 0 aliphatic carbocycles. The second-order valence-corrected chi connectivity index (χ2v) is 6.42. The Kier molecular flexibility index (Phi) is 4.30. The fraction of sp³-hybridized carbons (Fsp3) is 0.250. The number of hydrogen-bond acceptors (Lipinski definition) is 3. The number of para-hydroxylation sites is 1. The molecule has 1 aromatic heterocycles. The third-order valence-electron chi connectivity index (χ3n) is 4.20. The van der Waals surface area contributed by atoms with Gasteiger partial charge in [-0.15, -0.1) is 0 Å². The quantitative estimate of drug-likeness (QED) is 0.767. The zero-order valence-electron chi connectivity index (χ0n) is 14.1. The van der Waals surface area contributed by atoms with E-state index in [2.05, 4.69) is 31.3 Å². The number of hydrogen-bond donors (Lipinski definition) is 1. The molecule has 2 aromatic carbocycles. The fourth-order valence-corrected chi connectivity index (χ4v) is 2.69. The first-order valence-electron chi connectivity index (χ1n) is 7.91. The molecule has 24 heavy (non-hydrogen) atoms. The van der Waals surface area contributed by atoms with Crippen LogP contribution in [0.5, 0.6) is 5.75 Å². The molecule has 0 unspecified atom stereocenters. The van der Waals surface area contributed by atoms with Crippen LogP contribution in [0.3, 0.4) is 0 Å². The van der Waals surface area contributed by atoms with Crippen molar-refractivity contribution >= 4 is 16.9 Å². The highest BCUT2D eigenvalue weighted by Crippen LogP contribution is 2.28. The van der Waals surface area contributed by atoms with E-state index in [4.69, 9.17) is 9.15 Å². The molecule has 0 atom stereocenters. The lowest BCUT2D eigenvalue weighted by molar-refractivity contribution is 0.0920. The number of fused-ring (bicyclic) bond motifs is 1. The Labute approximate surface area is 141 Å². The van der Waals surface area contributed by atoms with E-state index in [0.717, 1.165) is 5.39 Å². The Bertz CT molecular complexity index is 850. The molecular weight excluding hydrogens is 302 g/mol. The minimum absolute atomic E-state index is 0.166. The van der Waals surface area contributed by atoms with Crippen LogP contribution in [-0.4, -0.2) is 19.6 Å². The number of carbonyl (C=O) groups is 1. The molecule has 4 nitrogen and oxygen atoms in total. The van der Waals surface area contributed by atoms with Crippen molar-refractivity contribution in [2.45, 2.75) is 19.3 Å². The molecule has 1 heterocycles. The monoisotopic (exact) mass is 323 g/mol. The van der Waals surface area contributed by atoms with Crippen LogP contribution in [0.15, 0.2) is 59.0 Å². The van der Waals surface area contributed by atoms with Crippen molar-refractivity contribution in [3.8, 4) is 5.75 Å². The first kappa shape index (κ1) is 16.1. The Morgan fingerprint density at radius 1 is 1.12 bits per heavy atom. The Hall–Kier alpha value is -2.75. The van der Waals surface area contributed by atoms with Gasteiger partial charge in [-0.3, -0.25) is 4.79 Å². The molecule has 0 aliphatic heterocycles. The maximum absolute atomic E-state index is 12.4. The van der Waals surface area contributed by atoms with Crippen molar-refractivity contribution in [2.24, 2.45) is 0 Å². The number of amides is 1. The molecule has 0 spiro atoms. The van der Waals surface area contributed by atoms with Gasteiger partial charge in [-0.25, -0.2) is 0 Å². The number of nitrogens with one attached hydrogen (secondary N) is 1. The van der Waals surface area contributed by atoms with Crippen LogP contribution in [0, 0.1) is 0 Å². The molecule has 4 heteroatoms. The standard InChI is InChI=1S/C20H21NO3/c1-20(2,15-9-5-4-6-10-15)13-21-19(22)17-12-14-8-7-11-16(23-3)18(14)24-17/h4-12H,13H2,1-3H3,(H,21,22). The fourth-order valence-electron chi connectivity index (χ4n) is 2.69. The van der Waals surface area contributed by atoms with Crippen molar-refractivity contribution < 1.29 is 13.9 Å². The molecule has 3 rings (SSSR count). The second kappa shape index (κ2) is 6.40. The molecule has 3 aromatic rings. The van der Waals surface area contributed by atoms with Gasteiger partial charge in [0.15, 0.2) is 17.1 Å². The summed E-state index contributed by atoms with van der Waals surface area (Å²) in [6.45, 7) is 4.72. The number of furan rings is 1. The number of benzene rings is 2. The molecular formula is C20H21NO3. The van der Waals surface area contributed by atoms with E-state index in [1.54, 1.807) is 13.2 Å². The third kappa shape index (κ3) is 3.13. The van der Waals surface area contributed by atoms with Gasteiger partial charge in [0.25, 0.3) is 5.91 Å². The third-order valence-corrected chi connectivity index (χ3v) is 4.20. The predicted molar refractivity (Wildman–Crippen MR) is 94.6 cm³/mol. The molecule has 0 fully saturated rings. The number of methoxy groups -OCH3 is 1. The minimum Gasteiger partial charge on any atom is -0.493 e. The van der Waals surface area contributed by atoms with E-state index in [9.17, 15) is 4.79 Å². The average molecular weight is 323 g/mol.